The molecule has 4 bridgehead atoms. The minimum atomic E-state index is 0.417. The fraction of sp³-hybridized carbons (Fsp3) is 0.143. The van der Waals surface area contributed by atoms with Crippen molar-refractivity contribution in [2.24, 2.45) is 17.8 Å². The second-order valence-corrected chi connectivity index (χ2v) is 18.6. The van der Waals surface area contributed by atoms with Gasteiger partial charge in [-0.25, -0.2) is 0 Å². The van der Waals surface area contributed by atoms with Gasteiger partial charge in [-0.05, 0) is 155 Å². The molecule has 8 aromatic carbocycles. The van der Waals surface area contributed by atoms with Crippen LogP contribution >= 0.6 is 11.8 Å². The van der Waals surface area contributed by atoms with Crippen LogP contribution in [0.4, 0.5) is 34.3 Å². The summed E-state index contributed by atoms with van der Waals surface area (Å²) in [6, 6.07) is 71.9. The van der Waals surface area contributed by atoms with E-state index in [0.29, 0.717) is 5.41 Å². The van der Waals surface area contributed by atoms with Crippen LogP contribution in [0.25, 0.3) is 38.5 Å². The van der Waals surface area contributed by atoms with Crippen molar-refractivity contribution in [3.05, 3.63) is 200 Å². The number of para-hydroxylation sites is 3. The monoisotopic (exact) mass is 789 g/mol. The Morgan fingerprint density at radius 1 is 0.517 bits per heavy atom. The molecule has 4 aliphatic carbocycles. The van der Waals surface area contributed by atoms with Gasteiger partial charge in [0.1, 0.15) is 5.82 Å². The van der Waals surface area contributed by atoms with Crippen LogP contribution in [0.1, 0.15) is 31.2 Å². The number of anilines is 6. The van der Waals surface area contributed by atoms with Gasteiger partial charge in [-0.3, -0.25) is 9.47 Å². The van der Waals surface area contributed by atoms with Crippen molar-refractivity contribution >= 4 is 67.7 Å². The quantitative estimate of drug-likeness (QED) is 0.159. The van der Waals surface area contributed by atoms with Gasteiger partial charge >= 0.3 is 0 Å². The van der Waals surface area contributed by atoms with Crippen molar-refractivity contribution in [3.8, 4) is 16.8 Å². The summed E-state index contributed by atoms with van der Waals surface area (Å²) in [5.74, 6) is 3.99. The highest BCUT2D eigenvalue weighted by molar-refractivity contribution is 8.00. The molecule has 4 heteroatoms. The predicted molar refractivity (Wildman–Crippen MR) is 250 cm³/mol. The van der Waals surface area contributed by atoms with Gasteiger partial charge < -0.3 is 4.90 Å². The molecule has 0 N–H and O–H groups in total. The third kappa shape index (κ3) is 5.17. The van der Waals surface area contributed by atoms with Crippen LogP contribution in [-0.4, -0.2) is 4.57 Å². The Hall–Kier alpha value is -6.49. The Kier molecular flexibility index (Phi) is 7.60. The zero-order valence-electron chi connectivity index (χ0n) is 33.3. The number of rotatable bonds is 7. The lowest BCUT2D eigenvalue weighted by Gasteiger charge is -2.33. The molecule has 2 unspecified atom stereocenters. The lowest BCUT2D eigenvalue weighted by Crippen LogP contribution is -2.24. The van der Waals surface area contributed by atoms with E-state index in [4.69, 9.17) is 0 Å². The lowest BCUT2D eigenvalue weighted by atomic mass is 9.75. The first-order chi connectivity index (χ1) is 29.7. The molecule has 2 atom stereocenters. The summed E-state index contributed by atoms with van der Waals surface area (Å²) in [7, 11) is 0. The SMILES string of the molecule is c1ccc(-c2ccc(N(c3ccc(C45CC6CC4CC6C5)cc3)c3ccc4cc(N5c6ccccc6Sc6c5n(-c5ccccc5)c5ccccc65)ccc4c3)cc2)cc1. The molecule has 0 spiro atoms. The molecule has 0 saturated heterocycles. The average Bonchev–Trinajstić information content (AvgIpc) is 4.13. The maximum Gasteiger partial charge on any atom is 0.137 e. The second kappa shape index (κ2) is 13.3. The standard InChI is InChI=1S/C56H43N3S/c1-3-11-37(12-4-1)38-19-25-46(26-20-38)57(47-29-23-43(24-30-47)56-35-41-31-44(56)32-42(41)36-56)48-27-21-40-34-49(28-22-39(40)33-48)59-52-17-9-10-18-53(52)60-54-50-15-7-8-16-51(50)58(55(54)59)45-13-5-2-6-14-45/h1-30,33-34,41-42,44H,31-32,35-36H2. The van der Waals surface area contributed by atoms with Gasteiger partial charge in [-0.1, -0.05) is 127 Å². The van der Waals surface area contributed by atoms with Crippen LogP contribution in [-0.2, 0) is 5.41 Å². The smallest absolute Gasteiger partial charge is 0.137 e. The molecule has 288 valence electrons. The Labute approximate surface area is 355 Å². The molecule has 1 aromatic heterocycles. The average molecular weight is 790 g/mol. The van der Waals surface area contributed by atoms with Gasteiger partial charge in [-0.15, -0.1) is 0 Å². The number of fused-ring (bicyclic) bond motifs is 5. The topological polar surface area (TPSA) is 11.4 Å². The van der Waals surface area contributed by atoms with Crippen LogP contribution in [0.2, 0.25) is 0 Å². The van der Waals surface area contributed by atoms with E-state index in [1.165, 1.54) is 85.5 Å². The normalized spacial score (nSPS) is 20.9. The first-order valence-electron chi connectivity index (χ1n) is 21.5. The van der Waals surface area contributed by atoms with Crippen LogP contribution in [0.15, 0.2) is 204 Å². The van der Waals surface area contributed by atoms with Gasteiger partial charge in [0.2, 0.25) is 0 Å². The number of nitrogens with zero attached hydrogens (tertiary/aromatic N) is 3. The summed E-state index contributed by atoms with van der Waals surface area (Å²) in [6.45, 7) is 0. The molecule has 0 amide bonds. The van der Waals surface area contributed by atoms with Crippen molar-refractivity contribution < 1.29 is 0 Å². The molecule has 3 nitrogen and oxygen atoms in total. The Morgan fingerprint density at radius 2 is 1.13 bits per heavy atom. The fourth-order valence-electron chi connectivity index (χ4n) is 11.9. The van der Waals surface area contributed by atoms with E-state index in [0.717, 1.165) is 40.5 Å². The number of aromatic nitrogens is 1. The third-order valence-corrected chi connectivity index (χ3v) is 15.7. The van der Waals surface area contributed by atoms with E-state index >= 15 is 0 Å². The summed E-state index contributed by atoms with van der Waals surface area (Å²) in [4.78, 5) is 7.46. The molecular formula is C56H43N3S. The summed E-state index contributed by atoms with van der Waals surface area (Å²) >= 11 is 1.87. The third-order valence-electron chi connectivity index (χ3n) is 14.5. The number of hydrogen-bond acceptors (Lipinski definition) is 3. The molecular weight excluding hydrogens is 747 g/mol. The fourth-order valence-corrected chi connectivity index (χ4v) is 13.0. The van der Waals surface area contributed by atoms with E-state index in [9.17, 15) is 0 Å². The lowest BCUT2D eigenvalue weighted by molar-refractivity contribution is 0.371. The highest BCUT2D eigenvalue weighted by Gasteiger charge is 2.63. The van der Waals surface area contributed by atoms with Crippen molar-refractivity contribution in [1.29, 1.82) is 0 Å². The van der Waals surface area contributed by atoms with Crippen molar-refractivity contribution in [2.75, 3.05) is 9.80 Å². The van der Waals surface area contributed by atoms with Gasteiger partial charge in [-0.2, -0.15) is 0 Å². The molecule has 2 heterocycles. The minimum Gasteiger partial charge on any atom is -0.310 e. The molecule has 9 aromatic rings. The van der Waals surface area contributed by atoms with Gasteiger partial charge in [0, 0.05) is 38.7 Å². The molecule has 4 saturated carbocycles. The maximum atomic E-state index is 2.48. The molecule has 60 heavy (non-hydrogen) atoms. The summed E-state index contributed by atoms with van der Waals surface area (Å²) in [5.41, 5.74) is 12.7. The first kappa shape index (κ1) is 34.4. The van der Waals surface area contributed by atoms with E-state index in [1.807, 2.05) is 11.8 Å². The maximum absolute atomic E-state index is 2.48. The second-order valence-electron chi connectivity index (χ2n) is 17.5. The minimum absolute atomic E-state index is 0.417. The molecule has 14 rings (SSSR count). The van der Waals surface area contributed by atoms with Crippen molar-refractivity contribution in [3.63, 3.8) is 0 Å². The van der Waals surface area contributed by atoms with E-state index < -0.39 is 0 Å². The number of benzene rings is 8. The molecule has 0 radical (unpaired) electrons. The van der Waals surface area contributed by atoms with Crippen molar-refractivity contribution in [2.45, 2.75) is 40.9 Å². The zero-order chi connectivity index (χ0) is 39.4. The molecule has 5 aliphatic rings. The number of hydrogen-bond donors (Lipinski definition) is 0. The Morgan fingerprint density at radius 3 is 1.88 bits per heavy atom. The Balaban J connectivity index is 0.924. The highest BCUT2D eigenvalue weighted by Crippen LogP contribution is 2.70. The Bertz CT molecular complexity index is 3080. The van der Waals surface area contributed by atoms with Crippen LogP contribution in [0, 0.1) is 17.8 Å². The summed E-state index contributed by atoms with van der Waals surface area (Å²) in [5, 5.41) is 3.69. The summed E-state index contributed by atoms with van der Waals surface area (Å²) in [6.07, 6.45) is 5.70. The van der Waals surface area contributed by atoms with E-state index in [2.05, 4.69) is 208 Å². The van der Waals surface area contributed by atoms with Gasteiger partial charge in [0.25, 0.3) is 0 Å². The predicted octanol–water partition coefficient (Wildman–Crippen LogP) is 15.5. The zero-order valence-corrected chi connectivity index (χ0v) is 34.1. The van der Waals surface area contributed by atoms with E-state index in [-0.39, 0.29) is 0 Å². The van der Waals surface area contributed by atoms with Gasteiger partial charge in [0.05, 0.1) is 16.1 Å². The van der Waals surface area contributed by atoms with Crippen LogP contribution in [0.3, 0.4) is 0 Å². The molecule has 4 fully saturated rings. The van der Waals surface area contributed by atoms with Crippen molar-refractivity contribution in [1.82, 2.24) is 4.57 Å². The van der Waals surface area contributed by atoms with Gasteiger partial charge in [0.15, 0.2) is 0 Å². The highest BCUT2D eigenvalue weighted by atomic mass is 32.2. The molecule has 1 aliphatic heterocycles. The van der Waals surface area contributed by atoms with Crippen LogP contribution in [0.5, 0.6) is 0 Å². The van der Waals surface area contributed by atoms with Crippen LogP contribution < -0.4 is 9.80 Å². The van der Waals surface area contributed by atoms with E-state index in [1.54, 1.807) is 5.56 Å². The summed E-state index contributed by atoms with van der Waals surface area (Å²) < 4.78 is 2.44. The largest absolute Gasteiger partial charge is 0.310 e. The first-order valence-corrected chi connectivity index (χ1v) is 22.4.